The van der Waals surface area contributed by atoms with Gasteiger partial charge in [-0.3, -0.25) is 33.9 Å². The number of aromatic nitrogens is 4. The summed E-state index contributed by atoms with van der Waals surface area (Å²) in [5, 5.41) is 17.7. The van der Waals surface area contributed by atoms with Crippen molar-refractivity contribution < 1.29 is 71.0 Å². The Kier molecular flexibility index (Phi) is 30.9. The van der Waals surface area contributed by atoms with Gasteiger partial charge in [-0.2, -0.15) is 0 Å². The van der Waals surface area contributed by atoms with Gasteiger partial charge in [-0.05, 0) is 48.5 Å². The number of halogens is 9. The number of nitrogens with zero attached hydrogens (tertiary/aromatic N) is 4. The van der Waals surface area contributed by atoms with Crippen LogP contribution >= 0.6 is 92.5 Å². The molecule has 0 amide bonds. The molecule has 0 saturated carbocycles. The number of esters is 2. The van der Waals surface area contributed by atoms with Crippen molar-refractivity contribution in [1.29, 1.82) is 0 Å². The van der Waals surface area contributed by atoms with E-state index in [-0.39, 0.29) is 0 Å². The maximum atomic E-state index is 11.5. The Balaban J connectivity index is 0. The molecule has 2 N–H and O–H groups in total. The van der Waals surface area contributed by atoms with E-state index in [2.05, 4.69) is 84.3 Å². The molecular weight excluding hydrogens is 1400 g/mol. The van der Waals surface area contributed by atoms with Gasteiger partial charge in [0.25, 0.3) is 0 Å². The van der Waals surface area contributed by atoms with Crippen molar-refractivity contribution >= 4 is 116 Å². The monoisotopic (exact) mass is 1420 g/mol. The normalized spacial score (nSPS) is 10.1. The molecule has 4 aromatic heterocycles. The zero-order valence-electron chi connectivity index (χ0n) is 27.2. The molecule has 4 rings (SSSR count). The Bertz CT molecular complexity index is 1490. The molecule has 0 radical (unpaired) electrons. The maximum absolute atomic E-state index is 11.5. The second kappa shape index (κ2) is 31.4. The van der Waals surface area contributed by atoms with Crippen LogP contribution in [0.1, 0.15) is 42.8 Å². The third-order valence-corrected chi connectivity index (χ3v) is 5.34. The number of carbonyl (C=O) groups excluding carboxylic acids is 4. The Morgan fingerprint density at radius 2 is 0.923 bits per heavy atom. The third kappa shape index (κ3) is 22.5. The van der Waals surface area contributed by atoms with E-state index in [1.807, 2.05) is 0 Å². The molecule has 23 heteroatoms. The van der Waals surface area contributed by atoms with Gasteiger partial charge in [0.15, 0.2) is 11.6 Å². The van der Waals surface area contributed by atoms with Crippen LogP contribution in [-0.2, 0) is 35.8 Å². The predicted octanol–water partition coefficient (Wildman–Crippen LogP) is 8.93. The van der Waals surface area contributed by atoms with Crippen LogP contribution in [0.4, 0.5) is 4.39 Å². The minimum absolute atomic E-state index is 0.336. The van der Waals surface area contributed by atoms with E-state index >= 15 is 0 Å². The third-order valence-electron chi connectivity index (χ3n) is 5.34. The second-order valence-electron chi connectivity index (χ2n) is 8.18. The van der Waals surface area contributed by atoms with Crippen LogP contribution in [0, 0.1) is 0 Å². The SMILES string of the molecule is BrBr.COC(=O)c1ccnc(-c2cc(C(=O)CO)ccn2)c1.COC(=O)c1ccnc(-c2cc(C(=O)CO)ccn2)c1.[2H]CF.[Cl][Pt]([Cl])([Br])[Br].[Cl][Pt][Cl]. The van der Waals surface area contributed by atoms with E-state index in [0.717, 1.165) is 0 Å². The predicted molar refractivity (Wildman–Crippen MR) is 207 cm³/mol. The number of methoxy groups -OCH3 is 2. The first-order chi connectivity index (χ1) is 25.1. The number of aliphatic hydroxyl groups is 2. The number of hydrogen-bond acceptors (Lipinski definition) is 12. The number of aliphatic hydroxyl groups excluding tert-OH is 2. The van der Waals surface area contributed by atoms with Gasteiger partial charge < -0.3 is 19.7 Å². The zero-order chi connectivity index (χ0) is 41.0. The molecular formula is C29H27Br4Cl4FN4O8Pt2. The summed E-state index contributed by atoms with van der Waals surface area (Å²) in [4.78, 5) is 62.2. The fourth-order valence-electron chi connectivity index (χ4n) is 3.30. The number of carbonyl (C=O) groups is 4. The molecule has 0 atom stereocenters. The molecule has 0 bridgehead atoms. The van der Waals surface area contributed by atoms with Crippen LogP contribution in [0.15, 0.2) is 73.3 Å². The summed E-state index contributed by atoms with van der Waals surface area (Å²) in [6.07, 6.45) is 5.82. The van der Waals surface area contributed by atoms with E-state index in [1.54, 1.807) is 0 Å². The Morgan fingerprint density at radius 1 is 0.712 bits per heavy atom. The van der Waals surface area contributed by atoms with Crippen molar-refractivity contribution in [3.05, 3.63) is 95.6 Å². The summed E-state index contributed by atoms with van der Waals surface area (Å²) in [5.41, 5.74) is 3.13. The summed E-state index contributed by atoms with van der Waals surface area (Å²) in [6, 6.07) is 12.2. The van der Waals surface area contributed by atoms with Crippen molar-refractivity contribution in [2.75, 3.05) is 34.6 Å². The second-order valence-corrected chi connectivity index (χ2v) is 47.6. The average molecular weight is 1430 g/mol. The van der Waals surface area contributed by atoms with Gasteiger partial charge >= 0.3 is 103 Å². The molecule has 0 aliphatic carbocycles. The number of ether oxygens (including phenoxy) is 2. The summed E-state index contributed by atoms with van der Waals surface area (Å²) in [6.45, 7) is -1.14. The van der Waals surface area contributed by atoms with Gasteiger partial charge in [0, 0.05) is 64.2 Å². The molecule has 0 aromatic carbocycles. The van der Waals surface area contributed by atoms with Crippen LogP contribution in [-0.4, -0.2) is 88.2 Å². The quantitative estimate of drug-likeness (QED) is 0.127. The first-order valence-corrected chi connectivity index (χ1v) is 37.6. The molecule has 0 aliphatic heterocycles. The van der Waals surface area contributed by atoms with Gasteiger partial charge in [0.2, 0.25) is 0 Å². The summed E-state index contributed by atoms with van der Waals surface area (Å²) in [5.74, 6) is -1.76. The van der Waals surface area contributed by atoms with Crippen LogP contribution in [0.5, 0.6) is 0 Å². The van der Waals surface area contributed by atoms with Crippen LogP contribution in [0.2, 0.25) is 0 Å². The Labute approximate surface area is 355 Å². The molecule has 12 nitrogen and oxygen atoms in total. The number of pyridine rings is 4. The van der Waals surface area contributed by atoms with Crippen LogP contribution in [0.25, 0.3) is 22.8 Å². The molecule has 0 unspecified atom stereocenters. The van der Waals surface area contributed by atoms with Crippen LogP contribution < -0.4 is 0 Å². The standard InChI is InChI=1S/2C14H12N2O4.CH3F.Br2.2BrH.4ClH.2Pt/c2*1-20-14(19)10-3-5-16-12(7-10)11-6-9(2-4-15-11)13(18)8-17;2*1-2;;;;;;;;/h2*2-7,17H,8H2,1H3;1H3;;6*1H;;/q;;;;;;;;;;+2;+4/p-6/i;;1D;;;;;;;;;. The summed E-state index contributed by atoms with van der Waals surface area (Å²) >= 11 is 11.0. The average Bonchev–Trinajstić information content (AvgIpc) is 3.17. The number of alkyl halides is 1. The molecule has 4 heterocycles. The fourth-order valence-corrected chi connectivity index (χ4v) is 3.30. The van der Waals surface area contributed by atoms with E-state index in [1.165, 1.54) is 87.5 Å². The van der Waals surface area contributed by atoms with Crippen molar-refractivity contribution in [3.8, 4) is 22.8 Å². The Hall–Kier alpha value is -0.813. The van der Waals surface area contributed by atoms with Gasteiger partial charge in [-0.15, -0.1) is 0 Å². The Morgan fingerprint density at radius 3 is 1.13 bits per heavy atom. The van der Waals surface area contributed by atoms with Crippen molar-refractivity contribution in [2.24, 2.45) is 0 Å². The van der Waals surface area contributed by atoms with E-state index in [0.29, 0.717) is 45.0 Å². The molecule has 52 heavy (non-hydrogen) atoms. The topological polar surface area (TPSA) is 179 Å². The fraction of sp³-hybridized carbons (Fsp3) is 0.172. The molecule has 4 aromatic rings. The van der Waals surface area contributed by atoms with Crippen molar-refractivity contribution in [2.45, 2.75) is 0 Å². The first-order valence-electron chi connectivity index (χ1n) is 13.4. The molecule has 0 fully saturated rings. The van der Waals surface area contributed by atoms with Gasteiger partial charge in [-0.25, -0.2) is 9.59 Å². The summed E-state index contributed by atoms with van der Waals surface area (Å²) in [7, 11) is 19.6. The van der Waals surface area contributed by atoms with Gasteiger partial charge in [0.1, 0.15) is 13.2 Å². The molecule has 0 aliphatic rings. The minimum atomic E-state index is -2.38. The van der Waals surface area contributed by atoms with Gasteiger partial charge in [-0.1, -0.05) is 0 Å². The van der Waals surface area contributed by atoms with E-state index < -0.39 is 70.2 Å². The molecule has 0 saturated heterocycles. The zero-order valence-corrected chi connectivity index (χ0v) is 40.1. The van der Waals surface area contributed by atoms with Crippen molar-refractivity contribution in [1.82, 2.24) is 19.9 Å². The summed E-state index contributed by atoms with van der Waals surface area (Å²) < 4.78 is 24.8. The van der Waals surface area contributed by atoms with Crippen molar-refractivity contribution in [3.63, 3.8) is 0 Å². The first kappa shape index (κ1) is 51.2. The van der Waals surface area contributed by atoms with Crippen LogP contribution in [0.3, 0.4) is 0 Å². The number of hydrogen-bond donors (Lipinski definition) is 2. The molecule has 294 valence electrons. The van der Waals surface area contributed by atoms with E-state index in [4.69, 9.17) is 49.3 Å². The van der Waals surface area contributed by atoms with E-state index in [9.17, 15) is 23.6 Å². The van der Waals surface area contributed by atoms with Gasteiger partial charge in [0.05, 0.1) is 56.6 Å². The number of Topliss-reactive ketones (excluding diaryl/α,β-unsaturated/α-hetero) is 2. The molecule has 0 spiro atoms. The number of ketones is 2. The number of rotatable bonds is 8.